The summed E-state index contributed by atoms with van der Waals surface area (Å²) in [5.74, 6) is -0.341. The summed E-state index contributed by atoms with van der Waals surface area (Å²) in [6.45, 7) is 4.69. The van der Waals surface area contributed by atoms with Gasteiger partial charge in [0.05, 0.1) is 13.3 Å². The first-order chi connectivity index (χ1) is 6.67. The van der Waals surface area contributed by atoms with Crippen LogP contribution in [0.15, 0.2) is 18.5 Å². The minimum atomic E-state index is -0.341. The van der Waals surface area contributed by atoms with Gasteiger partial charge < -0.3 is 4.74 Å². The third-order valence-corrected chi connectivity index (χ3v) is 1.95. The summed E-state index contributed by atoms with van der Waals surface area (Å²) in [5.41, 5.74) is 1.80. The van der Waals surface area contributed by atoms with Gasteiger partial charge in [-0.3, -0.25) is 4.68 Å². The summed E-state index contributed by atoms with van der Waals surface area (Å²) in [7, 11) is 1.36. The number of ether oxygens (including phenoxy) is 1. The molecular weight excluding hydrogens is 180 g/mol. The number of methoxy groups -OCH3 is 1. The van der Waals surface area contributed by atoms with Crippen molar-refractivity contribution in [1.82, 2.24) is 9.78 Å². The molecule has 0 aliphatic heterocycles. The fourth-order valence-corrected chi connectivity index (χ4v) is 1.06. The Labute approximate surface area is 83.2 Å². The number of rotatable bonds is 3. The Morgan fingerprint density at radius 3 is 2.93 bits per heavy atom. The van der Waals surface area contributed by atoms with Crippen LogP contribution in [0, 0.1) is 0 Å². The van der Waals surface area contributed by atoms with E-state index in [1.54, 1.807) is 6.20 Å². The van der Waals surface area contributed by atoms with Gasteiger partial charge >= 0.3 is 5.97 Å². The Kier molecular flexibility index (Phi) is 3.45. The summed E-state index contributed by atoms with van der Waals surface area (Å²) in [6.07, 6.45) is 5.09. The summed E-state index contributed by atoms with van der Waals surface area (Å²) in [6, 6.07) is 0. The Balaban J connectivity index is 2.83. The third-order valence-electron chi connectivity index (χ3n) is 1.95. The highest BCUT2D eigenvalue weighted by Gasteiger charge is 2.02. The van der Waals surface area contributed by atoms with Gasteiger partial charge in [0.2, 0.25) is 0 Å². The molecule has 0 saturated heterocycles. The molecule has 0 atom stereocenters. The van der Waals surface area contributed by atoms with Crippen LogP contribution < -0.4 is 0 Å². The van der Waals surface area contributed by atoms with E-state index in [0.717, 1.165) is 17.7 Å². The highest BCUT2D eigenvalue weighted by Crippen LogP contribution is 2.12. The van der Waals surface area contributed by atoms with Crippen molar-refractivity contribution in [2.75, 3.05) is 7.11 Å². The lowest BCUT2D eigenvalue weighted by Gasteiger charge is -1.96. The van der Waals surface area contributed by atoms with E-state index in [1.165, 1.54) is 13.2 Å². The van der Waals surface area contributed by atoms with Crippen molar-refractivity contribution in [3.63, 3.8) is 0 Å². The van der Waals surface area contributed by atoms with Crippen molar-refractivity contribution in [1.29, 1.82) is 0 Å². The molecule has 1 aromatic rings. The monoisotopic (exact) mass is 194 g/mol. The fraction of sp³-hybridized carbons (Fsp3) is 0.400. The van der Waals surface area contributed by atoms with Crippen LogP contribution in [0.5, 0.6) is 0 Å². The molecule has 1 rings (SSSR count). The Bertz CT molecular complexity index is 353. The minimum Gasteiger partial charge on any atom is -0.466 e. The van der Waals surface area contributed by atoms with Gasteiger partial charge in [0.15, 0.2) is 0 Å². The van der Waals surface area contributed by atoms with Gasteiger partial charge in [0, 0.05) is 24.4 Å². The number of allylic oxidation sites excluding steroid dienone is 1. The molecule has 1 aromatic heterocycles. The standard InChI is InChI=1S/C10H14N2O2/c1-4-12-7-9(6-11-12)8(2)5-10(13)14-3/h5-7H,4H2,1-3H3/b8-5+. The maximum Gasteiger partial charge on any atom is 0.330 e. The van der Waals surface area contributed by atoms with Gasteiger partial charge in [0.25, 0.3) is 0 Å². The van der Waals surface area contributed by atoms with Crippen molar-refractivity contribution in [3.05, 3.63) is 24.0 Å². The van der Waals surface area contributed by atoms with E-state index < -0.39 is 0 Å². The first-order valence-electron chi connectivity index (χ1n) is 4.46. The summed E-state index contributed by atoms with van der Waals surface area (Å²) >= 11 is 0. The molecule has 0 N–H and O–H groups in total. The van der Waals surface area contributed by atoms with Crippen LogP contribution in [0.2, 0.25) is 0 Å². The van der Waals surface area contributed by atoms with Crippen LogP contribution >= 0.6 is 0 Å². The number of nitrogens with zero attached hydrogens (tertiary/aromatic N) is 2. The molecule has 0 aromatic carbocycles. The number of esters is 1. The summed E-state index contributed by atoms with van der Waals surface area (Å²) in [4.78, 5) is 10.9. The SMILES string of the molecule is CCn1cc(/C(C)=C/C(=O)OC)cn1. The van der Waals surface area contributed by atoms with E-state index in [4.69, 9.17) is 0 Å². The second kappa shape index (κ2) is 4.60. The maximum atomic E-state index is 10.9. The molecule has 4 nitrogen and oxygen atoms in total. The molecule has 0 aliphatic carbocycles. The van der Waals surface area contributed by atoms with E-state index in [0.29, 0.717) is 0 Å². The van der Waals surface area contributed by atoms with Crippen molar-refractivity contribution in [3.8, 4) is 0 Å². The smallest absolute Gasteiger partial charge is 0.330 e. The molecule has 0 aliphatic rings. The number of aromatic nitrogens is 2. The largest absolute Gasteiger partial charge is 0.466 e. The fourth-order valence-electron chi connectivity index (χ4n) is 1.06. The third kappa shape index (κ3) is 2.45. The molecule has 4 heteroatoms. The molecular formula is C10H14N2O2. The second-order valence-electron chi connectivity index (χ2n) is 2.94. The summed E-state index contributed by atoms with van der Waals surface area (Å²) < 4.78 is 6.34. The normalized spacial score (nSPS) is 11.5. The van der Waals surface area contributed by atoms with E-state index >= 15 is 0 Å². The molecule has 0 bridgehead atoms. The van der Waals surface area contributed by atoms with Gasteiger partial charge in [-0.25, -0.2) is 4.79 Å². The van der Waals surface area contributed by atoms with Gasteiger partial charge in [-0.1, -0.05) is 0 Å². The van der Waals surface area contributed by atoms with E-state index in [2.05, 4.69) is 9.84 Å². The van der Waals surface area contributed by atoms with E-state index in [9.17, 15) is 4.79 Å². The lowest BCUT2D eigenvalue weighted by Crippen LogP contribution is -1.95. The predicted molar refractivity (Wildman–Crippen MR) is 53.6 cm³/mol. The quantitative estimate of drug-likeness (QED) is 0.540. The zero-order chi connectivity index (χ0) is 10.6. The van der Waals surface area contributed by atoms with Gasteiger partial charge in [-0.05, 0) is 19.4 Å². The van der Waals surface area contributed by atoms with Crippen LogP contribution in [-0.2, 0) is 16.1 Å². The first-order valence-corrected chi connectivity index (χ1v) is 4.46. The number of aryl methyl sites for hydroxylation is 1. The molecule has 0 saturated carbocycles. The van der Waals surface area contributed by atoms with Crippen molar-refractivity contribution >= 4 is 11.5 Å². The highest BCUT2D eigenvalue weighted by atomic mass is 16.5. The average Bonchev–Trinajstić information content (AvgIpc) is 2.65. The molecule has 0 unspecified atom stereocenters. The van der Waals surface area contributed by atoms with Crippen LogP contribution in [-0.4, -0.2) is 22.9 Å². The second-order valence-corrected chi connectivity index (χ2v) is 2.94. The van der Waals surface area contributed by atoms with E-state index in [-0.39, 0.29) is 5.97 Å². The molecule has 1 heterocycles. The maximum absolute atomic E-state index is 10.9. The average molecular weight is 194 g/mol. The molecule has 0 spiro atoms. The number of hydrogen-bond donors (Lipinski definition) is 0. The first kappa shape index (κ1) is 10.5. The molecule has 76 valence electrons. The molecule has 14 heavy (non-hydrogen) atoms. The lowest BCUT2D eigenvalue weighted by molar-refractivity contribution is -0.134. The van der Waals surface area contributed by atoms with Crippen molar-refractivity contribution in [2.45, 2.75) is 20.4 Å². The molecule has 0 amide bonds. The Morgan fingerprint density at radius 1 is 1.71 bits per heavy atom. The predicted octanol–water partition coefficient (Wildman–Crippen LogP) is 1.48. The minimum absolute atomic E-state index is 0.341. The highest BCUT2D eigenvalue weighted by molar-refractivity contribution is 5.90. The molecule has 0 fully saturated rings. The van der Waals surface area contributed by atoms with Crippen LogP contribution in [0.1, 0.15) is 19.4 Å². The topological polar surface area (TPSA) is 44.1 Å². The van der Waals surface area contributed by atoms with Gasteiger partial charge in [-0.15, -0.1) is 0 Å². The summed E-state index contributed by atoms with van der Waals surface area (Å²) in [5, 5.41) is 4.11. The Hall–Kier alpha value is -1.58. The number of hydrogen-bond acceptors (Lipinski definition) is 3. The van der Waals surface area contributed by atoms with Crippen molar-refractivity contribution < 1.29 is 9.53 Å². The van der Waals surface area contributed by atoms with E-state index in [1.807, 2.05) is 24.7 Å². The van der Waals surface area contributed by atoms with Gasteiger partial charge in [-0.2, -0.15) is 5.10 Å². The number of carbonyl (C=O) groups is 1. The molecule has 0 radical (unpaired) electrons. The van der Waals surface area contributed by atoms with Crippen LogP contribution in [0.25, 0.3) is 5.57 Å². The van der Waals surface area contributed by atoms with Crippen LogP contribution in [0.3, 0.4) is 0 Å². The Morgan fingerprint density at radius 2 is 2.43 bits per heavy atom. The zero-order valence-electron chi connectivity index (χ0n) is 8.65. The lowest BCUT2D eigenvalue weighted by atomic mass is 10.1. The van der Waals surface area contributed by atoms with Crippen LogP contribution in [0.4, 0.5) is 0 Å². The van der Waals surface area contributed by atoms with Gasteiger partial charge in [0.1, 0.15) is 0 Å². The van der Waals surface area contributed by atoms with Crippen molar-refractivity contribution in [2.24, 2.45) is 0 Å². The number of carbonyl (C=O) groups excluding carboxylic acids is 1. The zero-order valence-corrected chi connectivity index (χ0v) is 8.65.